The fourth-order valence-electron chi connectivity index (χ4n) is 2.05. The smallest absolute Gasteiger partial charge is 0.227 e. The molecule has 1 aliphatic rings. The molecule has 1 aromatic rings. The van der Waals surface area contributed by atoms with E-state index in [1.165, 1.54) is 4.90 Å². The molecule has 5 nitrogen and oxygen atoms in total. The van der Waals surface area contributed by atoms with Crippen molar-refractivity contribution < 1.29 is 9.59 Å². The predicted octanol–water partition coefficient (Wildman–Crippen LogP) is 0.705. The quantitative estimate of drug-likeness (QED) is 0.829. The van der Waals surface area contributed by atoms with Gasteiger partial charge in [-0.1, -0.05) is 6.07 Å². The molecule has 1 unspecified atom stereocenters. The highest BCUT2D eigenvalue weighted by Crippen LogP contribution is 2.26. The van der Waals surface area contributed by atoms with Crippen molar-refractivity contribution in [2.24, 2.45) is 11.7 Å². The fourth-order valence-corrected chi connectivity index (χ4v) is 2.05. The van der Waals surface area contributed by atoms with Crippen LogP contribution in [0.5, 0.6) is 0 Å². The molecule has 2 N–H and O–H groups in total. The lowest BCUT2D eigenvalue weighted by Crippen LogP contribution is -2.28. The number of rotatable bonds is 2. The minimum absolute atomic E-state index is 0.133. The van der Waals surface area contributed by atoms with Crippen molar-refractivity contribution in [3.05, 3.63) is 29.3 Å². The zero-order chi connectivity index (χ0) is 13.3. The average Bonchev–Trinajstić information content (AvgIpc) is 2.72. The molecule has 0 saturated carbocycles. The minimum Gasteiger partial charge on any atom is -0.369 e. The van der Waals surface area contributed by atoms with Gasteiger partial charge in [0.15, 0.2) is 0 Å². The number of nitrogens with zero attached hydrogens (tertiary/aromatic N) is 2. The second-order valence-electron chi connectivity index (χ2n) is 4.42. The van der Waals surface area contributed by atoms with Crippen LogP contribution in [-0.2, 0) is 9.59 Å². The van der Waals surface area contributed by atoms with Crippen LogP contribution < -0.4 is 10.6 Å². The Morgan fingerprint density at radius 3 is 2.83 bits per heavy atom. The Bertz CT molecular complexity index is 560. The Hall–Kier alpha value is -2.35. The number of aryl methyl sites for hydroxylation is 1. The molecule has 1 fully saturated rings. The van der Waals surface area contributed by atoms with E-state index in [2.05, 4.69) is 6.07 Å². The van der Waals surface area contributed by atoms with Crippen LogP contribution >= 0.6 is 0 Å². The highest BCUT2D eigenvalue weighted by Gasteiger charge is 2.33. The topological polar surface area (TPSA) is 87.2 Å². The zero-order valence-electron chi connectivity index (χ0n) is 10.0. The van der Waals surface area contributed by atoms with Crippen molar-refractivity contribution in [3.8, 4) is 6.07 Å². The standard InChI is InChI=1S/C13H13N3O2/c1-8-2-3-11(4-9(8)6-14)16-7-10(13(15)18)5-12(16)17/h2-4,10H,5,7H2,1H3,(H2,15,18). The Balaban J connectivity index is 2.30. The molecule has 0 aliphatic carbocycles. The first kappa shape index (κ1) is 12.1. The first-order valence-electron chi connectivity index (χ1n) is 5.63. The zero-order valence-corrected chi connectivity index (χ0v) is 10.0. The number of nitriles is 1. The summed E-state index contributed by atoms with van der Waals surface area (Å²) in [5, 5.41) is 8.96. The number of amides is 2. The third-order valence-electron chi connectivity index (χ3n) is 3.18. The van der Waals surface area contributed by atoms with Crippen molar-refractivity contribution in [2.45, 2.75) is 13.3 Å². The molecule has 1 aliphatic heterocycles. The highest BCUT2D eigenvalue weighted by molar-refractivity contribution is 6.00. The van der Waals surface area contributed by atoms with E-state index >= 15 is 0 Å². The van der Waals surface area contributed by atoms with E-state index in [1.54, 1.807) is 18.2 Å². The van der Waals surface area contributed by atoms with E-state index < -0.39 is 11.8 Å². The molecular weight excluding hydrogens is 230 g/mol. The Morgan fingerprint density at radius 2 is 2.28 bits per heavy atom. The van der Waals surface area contributed by atoms with Gasteiger partial charge in [-0.05, 0) is 24.6 Å². The summed E-state index contributed by atoms with van der Waals surface area (Å²) in [5.41, 5.74) is 7.25. The van der Waals surface area contributed by atoms with Crippen molar-refractivity contribution in [1.82, 2.24) is 0 Å². The molecule has 1 saturated heterocycles. The summed E-state index contributed by atoms with van der Waals surface area (Å²) >= 11 is 0. The first-order valence-corrected chi connectivity index (χ1v) is 5.63. The number of primary amides is 1. The molecule has 0 bridgehead atoms. The summed E-state index contributed by atoms with van der Waals surface area (Å²) < 4.78 is 0. The van der Waals surface area contributed by atoms with E-state index in [1.807, 2.05) is 6.92 Å². The summed E-state index contributed by atoms with van der Waals surface area (Å²) in [5.74, 6) is -1.03. The van der Waals surface area contributed by atoms with Crippen LogP contribution in [0.15, 0.2) is 18.2 Å². The second-order valence-corrected chi connectivity index (χ2v) is 4.42. The van der Waals surface area contributed by atoms with Crippen LogP contribution in [0, 0.1) is 24.2 Å². The van der Waals surface area contributed by atoms with Crippen LogP contribution in [-0.4, -0.2) is 18.4 Å². The van der Waals surface area contributed by atoms with Crippen LogP contribution in [0.1, 0.15) is 17.5 Å². The molecule has 5 heteroatoms. The summed E-state index contributed by atoms with van der Waals surface area (Å²) in [6.07, 6.45) is 0.144. The van der Waals surface area contributed by atoms with Crippen molar-refractivity contribution in [2.75, 3.05) is 11.4 Å². The summed E-state index contributed by atoms with van der Waals surface area (Å²) in [6, 6.07) is 7.31. The molecule has 0 aromatic heterocycles. The molecule has 1 heterocycles. The van der Waals surface area contributed by atoms with Crippen LogP contribution in [0.2, 0.25) is 0 Å². The minimum atomic E-state index is -0.460. The van der Waals surface area contributed by atoms with Crippen LogP contribution in [0.3, 0.4) is 0 Å². The van der Waals surface area contributed by atoms with Gasteiger partial charge in [-0.15, -0.1) is 0 Å². The van der Waals surface area contributed by atoms with E-state index in [0.717, 1.165) is 5.56 Å². The number of hydrogen-bond donors (Lipinski definition) is 1. The molecule has 18 heavy (non-hydrogen) atoms. The van der Waals surface area contributed by atoms with Gasteiger partial charge >= 0.3 is 0 Å². The van der Waals surface area contributed by atoms with Crippen molar-refractivity contribution >= 4 is 17.5 Å². The summed E-state index contributed by atoms with van der Waals surface area (Å²) in [4.78, 5) is 24.4. The molecule has 2 rings (SSSR count). The Kier molecular flexibility index (Phi) is 3.02. The number of benzene rings is 1. The van der Waals surface area contributed by atoms with E-state index in [4.69, 9.17) is 11.0 Å². The van der Waals surface area contributed by atoms with Gasteiger partial charge < -0.3 is 10.6 Å². The SMILES string of the molecule is Cc1ccc(N2CC(C(N)=O)CC2=O)cc1C#N. The predicted molar refractivity (Wildman–Crippen MR) is 65.5 cm³/mol. The maximum absolute atomic E-state index is 11.8. The summed E-state index contributed by atoms with van der Waals surface area (Å²) in [7, 11) is 0. The van der Waals surface area contributed by atoms with Gasteiger partial charge in [-0.3, -0.25) is 9.59 Å². The maximum Gasteiger partial charge on any atom is 0.227 e. The molecule has 0 spiro atoms. The van der Waals surface area contributed by atoms with Crippen LogP contribution in [0.4, 0.5) is 5.69 Å². The largest absolute Gasteiger partial charge is 0.369 e. The third-order valence-corrected chi connectivity index (χ3v) is 3.18. The summed E-state index contributed by atoms with van der Waals surface area (Å²) in [6.45, 7) is 2.13. The van der Waals surface area contributed by atoms with Gasteiger partial charge in [0, 0.05) is 18.7 Å². The van der Waals surface area contributed by atoms with E-state index in [0.29, 0.717) is 17.8 Å². The molecular formula is C13H13N3O2. The van der Waals surface area contributed by atoms with Gasteiger partial charge in [0.25, 0.3) is 0 Å². The fraction of sp³-hybridized carbons (Fsp3) is 0.308. The molecule has 2 amide bonds. The van der Waals surface area contributed by atoms with Crippen molar-refractivity contribution in [1.29, 1.82) is 5.26 Å². The Morgan fingerprint density at radius 1 is 1.56 bits per heavy atom. The molecule has 92 valence electrons. The Labute approximate surface area is 105 Å². The maximum atomic E-state index is 11.8. The third kappa shape index (κ3) is 2.05. The lowest BCUT2D eigenvalue weighted by atomic mass is 10.1. The van der Waals surface area contributed by atoms with Crippen LogP contribution in [0.25, 0.3) is 0 Å². The molecule has 1 aromatic carbocycles. The number of carbonyl (C=O) groups is 2. The molecule has 0 radical (unpaired) electrons. The van der Waals surface area contributed by atoms with Gasteiger partial charge in [0.05, 0.1) is 17.6 Å². The number of anilines is 1. The lowest BCUT2D eigenvalue weighted by Gasteiger charge is -2.17. The van der Waals surface area contributed by atoms with E-state index in [-0.39, 0.29) is 12.3 Å². The van der Waals surface area contributed by atoms with Gasteiger partial charge in [0.1, 0.15) is 0 Å². The number of carbonyl (C=O) groups excluding carboxylic acids is 2. The van der Waals surface area contributed by atoms with E-state index in [9.17, 15) is 9.59 Å². The average molecular weight is 243 g/mol. The monoisotopic (exact) mass is 243 g/mol. The van der Waals surface area contributed by atoms with Gasteiger partial charge in [-0.25, -0.2) is 0 Å². The van der Waals surface area contributed by atoms with Crippen molar-refractivity contribution in [3.63, 3.8) is 0 Å². The normalized spacial score (nSPS) is 18.8. The lowest BCUT2D eigenvalue weighted by molar-refractivity contribution is -0.123. The highest BCUT2D eigenvalue weighted by atomic mass is 16.2. The second kappa shape index (κ2) is 4.49. The number of hydrogen-bond acceptors (Lipinski definition) is 3. The number of nitrogens with two attached hydrogens (primary N) is 1. The van der Waals surface area contributed by atoms with Gasteiger partial charge in [0.2, 0.25) is 11.8 Å². The molecule has 1 atom stereocenters. The first-order chi connectivity index (χ1) is 8.52. The van der Waals surface area contributed by atoms with Gasteiger partial charge in [-0.2, -0.15) is 5.26 Å².